The molecule has 0 amide bonds. The first-order valence-electron chi connectivity index (χ1n) is 18.1. The number of nitrogens with zero attached hydrogens (tertiary/aromatic N) is 4. The molecule has 0 unspecified atom stereocenters. The van der Waals surface area contributed by atoms with Crippen LogP contribution in [0.25, 0.3) is 105 Å². The standard InChI is InChI=1S/C49H30N4O/c1-2-13-32-28-36(27-26-31(32)12-1)48-50-47(51-49(52-48)41-21-11-25-45-46(41)40-20-5-8-24-44(40)54-45)35-16-9-14-33(29-35)34-15-10-17-37(30-34)53-42-22-6-3-18-38(42)39-19-4-7-23-43(39)53/h1-30H. The maximum absolute atomic E-state index is 6.27. The van der Waals surface area contributed by atoms with Crippen molar-refractivity contribution in [1.29, 1.82) is 0 Å². The number of furan rings is 1. The summed E-state index contributed by atoms with van der Waals surface area (Å²) in [5.41, 5.74) is 10.0. The topological polar surface area (TPSA) is 56.7 Å². The summed E-state index contributed by atoms with van der Waals surface area (Å²) >= 11 is 0. The molecule has 0 N–H and O–H groups in total. The molecule has 0 saturated carbocycles. The van der Waals surface area contributed by atoms with Crippen molar-refractivity contribution >= 4 is 54.5 Å². The number of rotatable bonds is 5. The van der Waals surface area contributed by atoms with E-state index >= 15 is 0 Å². The Balaban J connectivity index is 1.08. The number of para-hydroxylation sites is 3. The van der Waals surface area contributed by atoms with Crippen molar-refractivity contribution in [2.24, 2.45) is 0 Å². The fourth-order valence-corrected chi connectivity index (χ4v) is 7.91. The van der Waals surface area contributed by atoms with E-state index in [-0.39, 0.29) is 0 Å². The molecule has 54 heavy (non-hydrogen) atoms. The van der Waals surface area contributed by atoms with Crippen LogP contribution in [0.4, 0.5) is 0 Å². The molecule has 0 aliphatic rings. The molecule has 3 aromatic heterocycles. The van der Waals surface area contributed by atoms with Crippen molar-refractivity contribution in [2.45, 2.75) is 0 Å². The number of hydrogen-bond acceptors (Lipinski definition) is 4. The average molecular weight is 691 g/mol. The number of hydrogen-bond donors (Lipinski definition) is 0. The molecule has 5 nitrogen and oxygen atoms in total. The van der Waals surface area contributed by atoms with Crippen LogP contribution in [0.2, 0.25) is 0 Å². The summed E-state index contributed by atoms with van der Waals surface area (Å²) in [5, 5.41) is 6.81. The normalized spacial score (nSPS) is 11.7. The highest BCUT2D eigenvalue weighted by atomic mass is 16.3. The van der Waals surface area contributed by atoms with Crippen LogP contribution in [-0.4, -0.2) is 19.5 Å². The van der Waals surface area contributed by atoms with Crippen LogP contribution in [0, 0.1) is 0 Å². The minimum absolute atomic E-state index is 0.596. The lowest BCUT2D eigenvalue weighted by Crippen LogP contribution is -2.00. The molecule has 11 aromatic rings. The average Bonchev–Trinajstić information content (AvgIpc) is 3.80. The molecular weight excluding hydrogens is 661 g/mol. The van der Waals surface area contributed by atoms with Gasteiger partial charge >= 0.3 is 0 Å². The highest BCUT2D eigenvalue weighted by molar-refractivity contribution is 6.12. The van der Waals surface area contributed by atoms with Gasteiger partial charge in [0.1, 0.15) is 11.2 Å². The van der Waals surface area contributed by atoms with Gasteiger partial charge in [-0.1, -0.05) is 133 Å². The third kappa shape index (κ3) is 4.90. The summed E-state index contributed by atoms with van der Waals surface area (Å²) in [6.07, 6.45) is 0. The molecule has 0 fully saturated rings. The van der Waals surface area contributed by atoms with Crippen molar-refractivity contribution in [3.05, 3.63) is 182 Å². The van der Waals surface area contributed by atoms with Gasteiger partial charge in [0.05, 0.1) is 11.0 Å². The molecule has 5 heteroatoms. The Morgan fingerprint density at radius 2 is 0.944 bits per heavy atom. The Morgan fingerprint density at radius 1 is 0.370 bits per heavy atom. The van der Waals surface area contributed by atoms with E-state index in [1.54, 1.807) is 0 Å². The van der Waals surface area contributed by atoms with Crippen molar-refractivity contribution in [3.63, 3.8) is 0 Å². The number of aromatic nitrogens is 4. The van der Waals surface area contributed by atoms with Crippen LogP contribution < -0.4 is 0 Å². The Hall–Kier alpha value is -7.37. The van der Waals surface area contributed by atoms with Gasteiger partial charge in [0.2, 0.25) is 0 Å². The quantitative estimate of drug-likeness (QED) is 0.180. The van der Waals surface area contributed by atoms with Crippen molar-refractivity contribution in [1.82, 2.24) is 19.5 Å². The van der Waals surface area contributed by atoms with Crippen LogP contribution in [-0.2, 0) is 0 Å². The van der Waals surface area contributed by atoms with E-state index in [1.807, 2.05) is 30.3 Å². The summed E-state index contributed by atoms with van der Waals surface area (Å²) in [4.78, 5) is 15.5. The molecule has 0 atom stereocenters. The maximum Gasteiger partial charge on any atom is 0.164 e. The van der Waals surface area contributed by atoms with Crippen LogP contribution >= 0.6 is 0 Å². The molecule has 8 aromatic carbocycles. The fraction of sp³-hybridized carbons (Fsp3) is 0. The molecule has 3 heterocycles. The second kappa shape index (κ2) is 12.1. The Kier molecular flexibility index (Phi) is 6.79. The predicted molar refractivity (Wildman–Crippen MR) is 221 cm³/mol. The van der Waals surface area contributed by atoms with Gasteiger partial charge in [-0.05, 0) is 70.4 Å². The molecule has 0 aliphatic carbocycles. The highest BCUT2D eigenvalue weighted by Gasteiger charge is 2.19. The van der Waals surface area contributed by atoms with Crippen molar-refractivity contribution in [3.8, 4) is 51.0 Å². The van der Waals surface area contributed by atoms with Gasteiger partial charge in [0, 0.05) is 43.9 Å². The Bertz CT molecular complexity index is 3190. The first-order valence-corrected chi connectivity index (χ1v) is 18.1. The highest BCUT2D eigenvalue weighted by Crippen LogP contribution is 2.38. The van der Waals surface area contributed by atoms with Crippen LogP contribution in [0.15, 0.2) is 186 Å². The van der Waals surface area contributed by atoms with Gasteiger partial charge in [-0.3, -0.25) is 0 Å². The SMILES string of the molecule is c1cc(-c2cccc(-n3c4ccccc4c4ccccc43)c2)cc(-c2nc(-c3ccc4ccccc4c3)nc(-c3cccc4oc5ccccc5c34)n2)c1. The van der Waals surface area contributed by atoms with Crippen LogP contribution in [0.5, 0.6) is 0 Å². The first kappa shape index (κ1) is 30.3. The predicted octanol–water partition coefficient (Wildman–Crippen LogP) is 12.7. The van der Waals surface area contributed by atoms with E-state index in [1.165, 1.54) is 27.2 Å². The lowest BCUT2D eigenvalue weighted by molar-refractivity contribution is 0.669. The number of benzene rings is 8. The van der Waals surface area contributed by atoms with E-state index in [2.05, 4.69) is 156 Å². The molecule has 0 aliphatic heterocycles. The lowest BCUT2D eigenvalue weighted by atomic mass is 10.0. The number of fused-ring (bicyclic) bond motifs is 7. The zero-order chi connectivity index (χ0) is 35.6. The van der Waals surface area contributed by atoms with Crippen molar-refractivity contribution < 1.29 is 4.42 Å². The molecule has 0 bridgehead atoms. The second-order valence-electron chi connectivity index (χ2n) is 13.6. The molecule has 0 radical (unpaired) electrons. The van der Waals surface area contributed by atoms with E-state index in [9.17, 15) is 0 Å². The largest absolute Gasteiger partial charge is 0.456 e. The molecule has 252 valence electrons. The van der Waals surface area contributed by atoms with E-state index in [0.717, 1.165) is 60.8 Å². The smallest absolute Gasteiger partial charge is 0.164 e. The second-order valence-corrected chi connectivity index (χ2v) is 13.6. The lowest BCUT2D eigenvalue weighted by Gasteiger charge is -2.12. The van der Waals surface area contributed by atoms with Gasteiger partial charge in [-0.15, -0.1) is 0 Å². The molecular formula is C49H30N4O. The summed E-state index contributed by atoms with van der Waals surface area (Å²) in [6.45, 7) is 0. The van der Waals surface area contributed by atoms with E-state index in [4.69, 9.17) is 19.4 Å². The molecule has 0 saturated heterocycles. The maximum atomic E-state index is 6.27. The van der Waals surface area contributed by atoms with Gasteiger partial charge in [0.15, 0.2) is 17.5 Å². The molecule has 0 spiro atoms. The zero-order valence-electron chi connectivity index (χ0n) is 29.0. The summed E-state index contributed by atoms with van der Waals surface area (Å²) in [6, 6.07) is 63.4. The van der Waals surface area contributed by atoms with E-state index in [0.29, 0.717) is 17.5 Å². The Morgan fingerprint density at radius 3 is 1.74 bits per heavy atom. The van der Waals surface area contributed by atoms with Gasteiger partial charge in [-0.2, -0.15) is 0 Å². The third-order valence-corrected chi connectivity index (χ3v) is 10.4. The van der Waals surface area contributed by atoms with E-state index < -0.39 is 0 Å². The summed E-state index contributed by atoms with van der Waals surface area (Å²) < 4.78 is 8.62. The summed E-state index contributed by atoms with van der Waals surface area (Å²) in [7, 11) is 0. The monoisotopic (exact) mass is 690 g/mol. The molecule has 11 rings (SSSR count). The third-order valence-electron chi connectivity index (χ3n) is 10.4. The van der Waals surface area contributed by atoms with Crippen molar-refractivity contribution in [2.75, 3.05) is 0 Å². The minimum atomic E-state index is 0.596. The van der Waals surface area contributed by atoms with Gasteiger partial charge in [0.25, 0.3) is 0 Å². The van der Waals surface area contributed by atoms with Crippen LogP contribution in [0.1, 0.15) is 0 Å². The Labute approximate surface area is 310 Å². The zero-order valence-corrected chi connectivity index (χ0v) is 29.0. The fourth-order valence-electron chi connectivity index (χ4n) is 7.91. The van der Waals surface area contributed by atoms with Crippen LogP contribution in [0.3, 0.4) is 0 Å². The van der Waals surface area contributed by atoms with Gasteiger partial charge < -0.3 is 8.98 Å². The minimum Gasteiger partial charge on any atom is -0.456 e. The first-order chi connectivity index (χ1) is 26.7. The van der Waals surface area contributed by atoms with Gasteiger partial charge in [-0.25, -0.2) is 15.0 Å². The summed E-state index contributed by atoms with van der Waals surface area (Å²) in [5.74, 6) is 1.82.